The maximum Gasteiger partial charge on any atom is 0.272 e. The molecule has 2 amide bonds. The van der Waals surface area contributed by atoms with Gasteiger partial charge in [-0.05, 0) is 24.1 Å². The van der Waals surface area contributed by atoms with Gasteiger partial charge in [0.2, 0.25) is 5.91 Å². The second-order valence-corrected chi connectivity index (χ2v) is 6.34. The Labute approximate surface area is 148 Å². The van der Waals surface area contributed by atoms with Gasteiger partial charge in [0.15, 0.2) is 5.66 Å². The SMILES string of the molecule is CC.CC(=O)N1CCN2C(=O)c3cc(C)cn3CC12c1ccccc1. The first-order valence-electron chi connectivity index (χ1n) is 8.86. The van der Waals surface area contributed by atoms with Crippen molar-refractivity contribution in [2.24, 2.45) is 0 Å². The standard InChI is InChI=1S/C18H19N3O2.C2H6/c1-13-10-16-17(23)21-9-8-20(14(2)22)18(21,12-19(16)11-13)15-6-4-3-5-7-15;1-2/h3-7,10-11H,8-9,12H2,1-2H3;1-2H3. The fourth-order valence-corrected chi connectivity index (χ4v) is 4.02. The number of benzene rings is 1. The zero-order valence-electron chi connectivity index (χ0n) is 15.3. The summed E-state index contributed by atoms with van der Waals surface area (Å²) >= 11 is 0. The molecule has 25 heavy (non-hydrogen) atoms. The van der Waals surface area contributed by atoms with E-state index >= 15 is 0 Å². The van der Waals surface area contributed by atoms with Crippen molar-refractivity contribution in [3.63, 3.8) is 0 Å². The normalized spacial score (nSPS) is 21.4. The number of rotatable bonds is 1. The highest BCUT2D eigenvalue weighted by Crippen LogP contribution is 2.42. The highest BCUT2D eigenvalue weighted by atomic mass is 16.2. The van der Waals surface area contributed by atoms with E-state index in [4.69, 9.17) is 0 Å². The number of amides is 2. The van der Waals surface area contributed by atoms with Gasteiger partial charge in [-0.1, -0.05) is 44.2 Å². The number of carbonyl (C=O) groups is 2. The molecule has 0 N–H and O–H groups in total. The summed E-state index contributed by atoms with van der Waals surface area (Å²) in [5.41, 5.74) is 2.03. The van der Waals surface area contributed by atoms with Gasteiger partial charge in [-0.3, -0.25) is 9.59 Å². The molecule has 3 heterocycles. The van der Waals surface area contributed by atoms with Gasteiger partial charge in [-0.2, -0.15) is 0 Å². The average Bonchev–Trinajstić information content (AvgIpc) is 3.19. The van der Waals surface area contributed by atoms with E-state index in [1.165, 1.54) is 0 Å². The topological polar surface area (TPSA) is 45.6 Å². The van der Waals surface area contributed by atoms with Crippen molar-refractivity contribution in [3.8, 4) is 0 Å². The maximum atomic E-state index is 13.0. The highest BCUT2D eigenvalue weighted by Gasteiger charge is 2.55. The Morgan fingerprint density at radius 1 is 1.12 bits per heavy atom. The quantitative estimate of drug-likeness (QED) is 0.802. The number of aromatic nitrogens is 1. The first-order chi connectivity index (χ1) is 12.0. The van der Waals surface area contributed by atoms with Gasteiger partial charge in [0, 0.05) is 26.2 Å². The molecule has 0 saturated carbocycles. The van der Waals surface area contributed by atoms with Crippen molar-refractivity contribution in [3.05, 3.63) is 59.4 Å². The van der Waals surface area contributed by atoms with E-state index < -0.39 is 5.66 Å². The minimum atomic E-state index is -0.720. The van der Waals surface area contributed by atoms with Crippen LogP contribution in [0.25, 0.3) is 0 Å². The van der Waals surface area contributed by atoms with Gasteiger partial charge in [0.25, 0.3) is 5.91 Å². The molecule has 2 aliphatic heterocycles. The Kier molecular flexibility index (Phi) is 4.41. The van der Waals surface area contributed by atoms with Crippen molar-refractivity contribution < 1.29 is 9.59 Å². The molecule has 1 aromatic carbocycles. The molecular weight excluding hydrogens is 314 g/mol. The van der Waals surface area contributed by atoms with Crippen LogP contribution in [0.3, 0.4) is 0 Å². The number of nitrogens with zero attached hydrogens (tertiary/aromatic N) is 3. The predicted octanol–water partition coefficient (Wildman–Crippen LogP) is 2.99. The van der Waals surface area contributed by atoms with Crippen LogP contribution in [0.2, 0.25) is 0 Å². The smallest absolute Gasteiger partial charge is 0.272 e. The minimum Gasteiger partial charge on any atom is -0.339 e. The number of hydrogen-bond donors (Lipinski definition) is 0. The van der Waals surface area contributed by atoms with Gasteiger partial charge in [-0.15, -0.1) is 0 Å². The van der Waals surface area contributed by atoms with E-state index in [0.29, 0.717) is 25.3 Å². The van der Waals surface area contributed by atoms with Crippen LogP contribution in [-0.2, 0) is 17.0 Å². The van der Waals surface area contributed by atoms with Crippen LogP contribution in [0.5, 0.6) is 0 Å². The van der Waals surface area contributed by atoms with Crippen LogP contribution in [0.15, 0.2) is 42.6 Å². The van der Waals surface area contributed by atoms with Crippen LogP contribution in [-0.4, -0.2) is 39.3 Å². The molecule has 1 atom stereocenters. The Morgan fingerprint density at radius 3 is 2.44 bits per heavy atom. The zero-order valence-corrected chi connectivity index (χ0v) is 15.3. The van der Waals surface area contributed by atoms with E-state index in [9.17, 15) is 9.59 Å². The van der Waals surface area contributed by atoms with Crippen LogP contribution in [0, 0.1) is 6.92 Å². The lowest BCUT2D eigenvalue weighted by molar-refractivity contribution is -0.138. The lowest BCUT2D eigenvalue weighted by Gasteiger charge is -2.47. The number of fused-ring (bicyclic) bond motifs is 2. The van der Waals surface area contributed by atoms with E-state index in [1.807, 2.05) is 77.7 Å². The van der Waals surface area contributed by atoms with Gasteiger partial charge in [-0.25, -0.2) is 0 Å². The lowest BCUT2D eigenvalue weighted by atomic mass is 9.94. The molecule has 0 radical (unpaired) electrons. The predicted molar refractivity (Wildman–Crippen MR) is 97.1 cm³/mol. The van der Waals surface area contributed by atoms with E-state index in [2.05, 4.69) is 0 Å². The molecule has 1 saturated heterocycles. The molecule has 5 nitrogen and oxygen atoms in total. The van der Waals surface area contributed by atoms with Crippen LogP contribution in [0.1, 0.15) is 42.4 Å². The van der Waals surface area contributed by atoms with Gasteiger partial charge >= 0.3 is 0 Å². The van der Waals surface area contributed by atoms with Crippen LogP contribution < -0.4 is 0 Å². The zero-order chi connectivity index (χ0) is 18.2. The molecule has 1 unspecified atom stereocenters. The molecule has 5 heteroatoms. The number of carbonyl (C=O) groups excluding carboxylic acids is 2. The Hall–Kier alpha value is -2.56. The summed E-state index contributed by atoms with van der Waals surface area (Å²) in [6.07, 6.45) is 1.99. The number of hydrogen-bond acceptors (Lipinski definition) is 2. The van der Waals surface area contributed by atoms with Crippen molar-refractivity contribution in [2.75, 3.05) is 13.1 Å². The summed E-state index contributed by atoms with van der Waals surface area (Å²) in [5, 5.41) is 0. The first-order valence-corrected chi connectivity index (χ1v) is 8.86. The second-order valence-electron chi connectivity index (χ2n) is 6.34. The van der Waals surface area contributed by atoms with Crippen molar-refractivity contribution >= 4 is 11.8 Å². The maximum absolute atomic E-state index is 13.0. The van der Waals surface area contributed by atoms with E-state index in [1.54, 1.807) is 6.92 Å². The minimum absolute atomic E-state index is 0.00282. The largest absolute Gasteiger partial charge is 0.339 e. The average molecular weight is 339 g/mol. The summed E-state index contributed by atoms with van der Waals surface area (Å²) in [5.74, 6) is -0.00608. The molecule has 2 aromatic rings. The van der Waals surface area contributed by atoms with E-state index in [-0.39, 0.29) is 11.8 Å². The van der Waals surface area contributed by atoms with Crippen molar-refractivity contribution in [2.45, 2.75) is 39.9 Å². The molecular formula is C20H25N3O2. The second kappa shape index (κ2) is 6.39. The summed E-state index contributed by atoms with van der Waals surface area (Å²) in [6.45, 7) is 9.28. The molecule has 0 bridgehead atoms. The van der Waals surface area contributed by atoms with Crippen LogP contribution in [0.4, 0.5) is 0 Å². The molecule has 2 aliphatic rings. The third kappa shape index (κ3) is 2.46. The highest BCUT2D eigenvalue weighted by molar-refractivity contribution is 5.95. The van der Waals surface area contributed by atoms with Crippen LogP contribution >= 0.6 is 0 Å². The molecule has 132 valence electrons. The third-order valence-electron chi connectivity index (χ3n) is 4.94. The third-order valence-corrected chi connectivity index (χ3v) is 4.94. The number of aryl methyl sites for hydroxylation is 1. The lowest BCUT2D eigenvalue weighted by Crippen LogP contribution is -2.59. The summed E-state index contributed by atoms with van der Waals surface area (Å²) in [4.78, 5) is 29.0. The monoisotopic (exact) mass is 339 g/mol. The van der Waals surface area contributed by atoms with Gasteiger partial charge in [0.05, 0.1) is 6.54 Å². The molecule has 0 aliphatic carbocycles. The summed E-state index contributed by atoms with van der Waals surface area (Å²) in [7, 11) is 0. The molecule has 1 fully saturated rings. The fraction of sp³-hybridized carbons (Fsp3) is 0.400. The van der Waals surface area contributed by atoms with Gasteiger partial charge < -0.3 is 14.4 Å². The van der Waals surface area contributed by atoms with Crippen molar-refractivity contribution in [1.29, 1.82) is 0 Å². The van der Waals surface area contributed by atoms with Crippen molar-refractivity contribution in [1.82, 2.24) is 14.4 Å². The summed E-state index contributed by atoms with van der Waals surface area (Å²) in [6, 6.07) is 11.8. The Morgan fingerprint density at radius 2 is 1.80 bits per heavy atom. The fourth-order valence-electron chi connectivity index (χ4n) is 4.02. The Balaban J connectivity index is 0.000000880. The Bertz CT molecular complexity index is 797. The van der Waals surface area contributed by atoms with Gasteiger partial charge in [0.1, 0.15) is 5.69 Å². The molecule has 1 aromatic heterocycles. The molecule has 4 rings (SSSR count). The first kappa shape index (κ1) is 17.3. The molecule has 0 spiro atoms. The van der Waals surface area contributed by atoms with E-state index in [0.717, 1.165) is 11.1 Å². The summed E-state index contributed by atoms with van der Waals surface area (Å²) < 4.78 is 1.99.